The molecule has 106 valence electrons. The minimum Gasteiger partial charge on any atom is -0.385 e. The number of nitrogens with two attached hydrogens (primary N) is 1. The van der Waals surface area contributed by atoms with E-state index in [2.05, 4.69) is 29.2 Å². The van der Waals surface area contributed by atoms with Gasteiger partial charge in [0.15, 0.2) is 0 Å². The first-order valence-corrected chi connectivity index (χ1v) is 6.90. The molecule has 1 saturated heterocycles. The molecule has 1 rings (SSSR count). The van der Waals surface area contributed by atoms with Crippen molar-refractivity contribution in [1.82, 2.24) is 10.3 Å². The number of piperidine rings is 1. The lowest BCUT2D eigenvalue weighted by molar-refractivity contribution is 0.159. The van der Waals surface area contributed by atoms with E-state index in [9.17, 15) is 0 Å². The van der Waals surface area contributed by atoms with E-state index >= 15 is 0 Å². The molecular weight excluding hydrogens is 228 g/mol. The zero-order valence-corrected chi connectivity index (χ0v) is 12.0. The molecule has 3 N–H and O–H groups in total. The van der Waals surface area contributed by atoms with E-state index in [1.807, 2.05) is 0 Å². The molecule has 0 spiro atoms. The molecule has 5 heteroatoms. The Kier molecular flexibility index (Phi) is 6.43. The standard InChI is InChI=1S/C13H28N4O/c1-4-13(2)6-9-17(10-7-13)12(16-14)15-8-5-11-18-3/h4-11,14H2,1-3H3,(H,15,16). The molecule has 1 fully saturated rings. The summed E-state index contributed by atoms with van der Waals surface area (Å²) in [4.78, 5) is 6.76. The lowest BCUT2D eigenvalue weighted by Gasteiger charge is -2.39. The highest BCUT2D eigenvalue weighted by Crippen LogP contribution is 2.33. The zero-order chi connectivity index (χ0) is 13.4. The molecule has 5 nitrogen and oxygen atoms in total. The molecule has 0 amide bonds. The summed E-state index contributed by atoms with van der Waals surface area (Å²) in [5.41, 5.74) is 3.22. The van der Waals surface area contributed by atoms with Crippen molar-refractivity contribution in [3.8, 4) is 0 Å². The van der Waals surface area contributed by atoms with Crippen molar-refractivity contribution in [2.45, 2.75) is 39.5 Å². The van der Waals surface area contributed by atoms with Gasteiger partial charge < -0.3 is 9.64 Å². The molecule has 0 aromatic carbocycles. The largest absolute Gasteiger partial charge is 0.385 e. The van der Waals surface area contributed by atoms with Gasteiger partial charge in [0.25, 0.3) is 0 Å². The number of nitrogens with zero attached hydrogens (tertiary/aromatic N) is 2. The number of guanidine groups is 1. The lowest BCUT2D eigenvalue weighted by atomic mass is 9.78. The SMILES string of the molecule is CCC1(C)CCN(C(=NCCCOC)NN)CC1. The smallest absolute Gasteiger partial charge is 0.208 e. The van der Waals surface area contributed by atoms with Gasteiger partial charge in [-0.05, 0) is 24.7 Å². The van der Waals surface area contributed by atoms with Crippen molar-refractivity contribution in [1.29, 1.82) is 0 Å². The highest BCUT2D eigenvalue weighted by molar-refractivity contribution is 5.79. The molecule has 0 saturated carbocycles. The minimum atomic E-state index is 0.492. The molecule has 0 aromatic heterocycles. The highest BCUT2D eigenvalue weighted by atomic mass is 16.5. The molecule has 0 bridgehead atoms. The van der Waals surface area contributed by atoms with Gasteiger partial charge in [-0.3, -0.25) is 10.4 Å². The summed E-state index contributed by atoms with van der Waals surface area (Å²) in [7, 11) is 1.71. The maximum absolute atomic E-state index is 5.56. The van der Waals surface area contributed by atoms with Crippen LogP contribution in [-0.4, -0.2) is 44.2 Å². The maximum atomic E-state index is 5.56. The van der Waals surface area contributed by atoms with Gasteiger partial charge in [-0.25, -0.2) is 5.84 Å². The topological polar surface area (TPSA) is 62.9 Å². The van der Waals surface area contributed by atoms with Crippen LogP contribution in [0.4, 0.5) is 0 Å². The van der Waals surface area contributed by atoms with Crippen molar-refractivity contribution in [2.75, 3.05) is 33.4 Å². The maximum Gasteiger partial charge on any atom is 0.208 e. The van der Waals surface area contributed by atoms with Crippen molar-refractivity contribution in [3.63, 3.8) is 0 Å². The van der Waals surface area contributed by atoms with Crippen LogP contribution < -0.4 is 11.3 Å². The van der Waals surface area contributed by atoms with E-state index in [4.69, 9.17) is 10.6 Å². The van der Waals surface area contributed by atoms with Crippen LogP contribution in [0.3, 0.4) is 0 Å². The summed E-state index contributed by atoms with van der Waals surface area (Å²) in [6, 6.07) is 0. The number of hydrogen-bond acceptors (Lipinski definition) is 3. The van der Waals surface area contributed by atoms with E-state index in [1.165, 1.54) is 19.3 Å². The van der Waals surface area contributed by atoms with E-state index < -0.39 is 0 Å². The molecule has 1 heterocycles. The first-order chi connectivity index (χ1) is 8.65. The van der Waals surface area contributed by atoms with Crippen LogP contribution in [0.1, 0.15) is 39.5 Å². The van der Waals surface area contributed by atoms with Gasteiger partial charge in [0.1, 0.15) is 0 Å². The van der Waals surface area contributed by atoms with Gasteiger partial charge in [0.05, 0.1) is 0 Å². The fourth-order valence-corrected chi connectivity index (χ4v) is 2.24. The number of hydrogen-bond donors (Lipinski definition) is 2. The Bertz CT molecular complexity index is 260. The van der Waals surface area contributed by atoms with Gasteiger partial charge in [0.2, 0.25) is 5.96 Å². The van der Waals surface area contributed by atoms with Gasteiger partial charge in [-0.1, -0.05) is 20.3 Å². The number of nitrogens with one attached hydrogen (secondary N) is 1. The number of hydrazine groups is 1. The first-order valence-electron chi connectivity index (χ1n) is 6.90. The molecular formula is C13H28N4O. The molecule has 0 aliphatic carbocycles. The predicted octanol–water partition coefficient (Wildman–Crippen LogP) is 1.35. The summed E-state index contributed by atoms with van der Waals surface area (Å²) in [5.74, 6) is 6.39. The second-order valence-electron chi connectivity index (χ2n) is 5.35. The number of likely N-dealkylation sites (tertiary alicyclic amines) is 1. The first kappa shape index (κ1) is 15.2. The number of aliphatic imine (C=N–C) groups is 1. The van der Waals surface area contributed by atoms with E-state index in [1.54, 1.807) is 7.11 Å². The van der Waals surface area contributed by atoms with Gasteiger partial charge in [0, 0.05) is 33.4 Å². The molecule has 1 aliphatic rings. The third kappa shape index (κ3) is 4.46. The van der Waals surface area contributed by atoms with Crippen LogP contribution in [0.15, 0.2) is 4.99 Å². The fourth-order valence-electron chi connectivity index (χ4n) is 2.24. The normalized spacial score (nSPS) is 20.0. The molecule has 0 atom stereocenters. The monoisotopic (exact) mass is 256 g/mol. The Morgan fingerprint density at radius 3 is 2.61 bits per heavy atom. The third-order valence-corrected chi connectivity index (χ3v) is 4.02. The summed E-state index contributed by atoms with van der Waals surface area (Å²) in [6.45, 7) is 8.23. The van der Waals surface area contributed by atoms with E-state index in [0.29, 0.717) is 5.41 Å². The summed E-state index contributed by atoms with van der Waals surface area (Å²) in [5, 5.41) is 0. The zero-order valence-electron chi connectivity index (χ0n) is 12.0. The molecule has 0 radical (unpaired) electrons. The van der Waals surface area contributed by atoms with Crippen molar-refractivity contribution < 1.29 is 4.74 Å². The van der Waals surface area contributed by atoms with Crippen LogP contribution in [0.25, 0.3) is 0 Å². The number of rotatable bonds is 5. The Balaban J connectivity index is 2.42. The van der Waals surface area contributed by atoms with Crippen LogP contribution in [0.5, 0.6) is 0 Å². The Labute approximate surface area is 111 Å². The summed E-state index contributed by atoms with van der Waals surface area (Å²) in [6.07, 6.45) is 4.60. The Morgan fingerprint density at radius 2 is 2.11 bits per heavy atom. The molecule has 0 aromatic rings. The van der Waals surface area contributed by atoms with Gasteiger partial charge in [-0.2, -0.15) is 0 Å². The second-order valence-corrected chi connectivity index (χ2v) is 5.35. The predicted molar refractivity (Wildman–Crippen MR) is 75.3 cm³/mol. The van der Waals surface area contributed by atoms with Crippen LogP contribution in [0.2, 0.25) is 0 Å². The fraction of sp³-hybridized carbons (Fsp3) is 0.923. The average Bonchev–Trinajstić information content (AvgIpc) is 2.41. The minimum absolute atomic E-state index is 0.492. The van der Waals surface area contributed by atoms with Crippen molar-refractivity contribution >= 4 is 5.96 Å². The van der Waals surface area contributed by atoms with Crippen molar-refractivity contribution in [2.24, 2.45) is 16.3 Å². The van der Waals surface area contributed by atoms with Crippen LogP contribution in [0, 0.1) is 5.41 Å². The highest BCUT2D eigenvalue weighted by Gasteiger charge is 2.29. The summed E-state index contributed by atoms with van der Waals surface area (Å²) < 4.78 is 5.01. The van der Waals surface area contributed by atoms with E-state index in [0.717, 1.165) is 38.6 Å². The molecule has 1 aliphatic heterocycles. The number of ether oxygens (including phenoxy) is 1. The quantitative estimate of drug-likeness (QED) is 0.256. The average molecular weight is 256 g/mol. The Hall–Kier alpha value is -0.810. The van der Waals surface area contributed by atoms with Crippen molar-refractivity contribution in [3.05, 3.63) is 0 Å². The number of methoxy groups -OCH3 is 1. The van der Waals surface area contributed by atoms with Gasteiger partial charge >= 0.3 is 0 Å². The molecule has 18 heavy (non-hydrogen) atoms. The second kappa shape index (κ2) is 7.59. The van der Waals surface area contributed by atoms with Crippen LogP contribution in [-0.2, 0) is 4.74 Å². The van der Waals surface area contributed by atoms with Gasteiger partial charge in [-0.15, -0.1) is 0 Å². The molecule has 0 unspecified atom stereocenters. The van der Waals surface area contributed by atoms with E-state index in [-0.39, 0.29) is 0 Å². The van der Waals surface area contributed by atoms with Crippen LogP contribution >= 0.6 is 0 Å². The summed E-state index contributed by atoms with van der Waals surface area (Å²) >= 11 is 0. The Morgan fingerprint density at radius 1 is 1.44 bits per heavy atom. The lowest BCUT2D eigenvalue weighted by Crippen LogP contribution is -2.49. The third-order valence-electron chi connectivity index (χ3n) is 4.02.